The van der Waals surface area contributed by atoms with Gasteiger partial charge in [0.05, 0.1) is 17.9 Å². The SMILES string of the molecule is Cc1ccc(C2(C)NC(=O)N(Cc3c(C)nc4ccccn34)C2=O)o1. The fourth-order valence-corrected chi connectivity index (χ4v) is 3.22. The zero-order valence-electron chi connectivity index (χ0n) is 14.2. The van der Waals surface area contributed by atoms with E-state index in [9.17, 15) is 9.59 Å². The van der Waals surface area contributed by atoms with E-state index in [0.717, 1.165) is 17.0 Å². The van der Waals surface area contributed by atoms with Crippen molar-refractivity contribution in [2.45, 2.75) is 32.9 Å². The molecular formula is C18H18N4O3. The van der Waals surface area contributed by atoms with Crippen molar-refractivity contribution >= 4 is 17.6 Å². The third-order valence-electron chi connectivity index (χ3n) is 4.65. The van der Waals surface area contributed by atoms with E-state index >= 15 is 0 Å². The van der Waals surface area contributed by atoms with E-state index in [2.05, 4.69) is 10.3 Å². The number of amides is 3. The number of rotatable bonds is 3. The average Bonchev–Trinajstić information content (AvgIpc) is 3.20. The van der Waals surface area contributed by atoms with E-state index < -0.39 is 11.6 Å². The highest BCUT2D eigenvalue weighted by Gasteiger charge is 2.51. The van der Waals surface area contributed by atoms with Crippen molar-refractivity contribution in [1.29, 1.82) is 0 Å². The predicted molar refractivity (Wildman–Crippen MR) is 89.8 cm³/mol. The number of furan rings is 1. The minimum Gasteiger partial charge on any atom is -0.463 e. The van der Waals surface area contributed by atoms with Crippen LogP contribution < -0.4 is 5.32 Å². The van der Waals surface area contributed by atoms with Gasteiger partial charge in [-0.3, -0.25) is 9.69 Å². The molecular weight excluding hydrogens is 320 g/mol. The van der Waals surface area contributed by atoms with Gasteiger partial charge in [-0.05, 0) is 45.0 Å². The maximum atomic E-state index is 13.0. The van der Waals surface area contributed by atoms with Crippen molar-refractivity contribution in [3.63, 3.8) is 0 Å². The second-order valence-electron chi connectivity index (χ2n) is 6.43. The van der Waals surface area contributed by atoms with Crippen molar-refractivity contribution in [3.05, 3.63) is 59.4 Å². The molecule has 0 aliphatic carbocycles. The van der Waals surface area contributed by atoms with E-state index in [1.54, 1.807) is 26.0 Å². The Bertz CT molecular complexity index is 1000. The summed E-state index contributed by atoms with van der Waals surface area (Å²) in [6, 6.07) is 8.73. The molecule has 3 amide bonds. The van der Waals surface area contributed by atoms with Crippen LogP contribution in [0.4, 0.5) is 4.79 Å². The first-order valence-corrected chi connectivity index (χ1v) is 8.04. The molecule has 7 heteroatoms. The molecule has 1 fully saturated rings. The minimum absolute atomic E-state index is 0.150. The highest BCUT2D eigenvalue weighted by Crippen LogP contribution is 2.31. The lowest BCUT2D eigenvalue weighted by Crippen LogP contribution is -2.40. The van der Waals surface area contributed by atoms with E-state index in [1.807, 2.05) is 35.7 Å². The zero-order chi connectivity index (χ0) is 17.8. The second kappa shape index (κ2) is 5.20. The highest BCUT2D eigenvalue weighted by molar-refractivity contribution is 6.06. The van der Waals surface area contributed by atoms with E-state index in [1.165, 1.54) is 4.90 Å². The van der Waals surface area contributed by atoms with Gasteiger partial charge in [-0.15, -0.1) is 0 Å². The molecule has 3 aromatic heterocycles. The summed E-state index contributed by atoms with van der Waals surface area (Å²) in [7, 11) is 0. The molecule has 4 heterocycles. The maximum Gasteiger partial charge on any atom is 0.325 e. The molecule has 1 N–H and O–H groups in total. The number of aromatic nitrogens is 2. The van der Waals surface area contributed by atoms with Crippen molar-refractivity contribution in [1.82, 2.24) is 19.6 Å². The summed E-state index contributed by atoms with van der Waals surface area (Å²) in [5.74, 6) is 0.784. The van der Waals surface area contributed by atoms with Gasteiger partial charge >= 0.3 is 6.03 Å². The van der Waals surface area contributed by atoms with Gasteiger partial charge in [0.25, 0.3) is 5.91 Å². The van der Waals surface area contributed by atoms with Gasteiger partial charge in [-0.2, -0.15) is 0 Å². The molecule has 1 aliphatic rings. The number of carbonyl (C=O) groups excluding carboxylic acids is 2. The number of imidazole rings is 1. The van der Waals surface area contributed by atoms with E-state index in [0.29, 0.717) is 11.5 Å². The van der Waals surface area contributed by atoms with Crippen LogP contribution in [0.25, 0.3) is 5.65 Å². The van der Waals surface area contributed by atoms with Gasteiger partial charge in [-0.1, -0.05) is 6.07 Å². The number of pyridine rings is 1. The number of aryl methyl sites for hydroxylation is 2. The van der Waals surface area contributed by atoms with Gasteiger partial charge in [0.15, 0.2) is 5.54 Å². The van der Waals surface area contributed by atoms with Crippen LogP contribution in [-0.2, 0) is 16.9 Å². The Morgan fingerprint density at radius 1 is 1.20 bits per heavy atom. The maximum absolute atomic E-state index is 13.0. The fraction of sp³-hybridized carbons (Fsp3) is 0.278. The van der Waals surface area contributed by atoms with Gasteiger partial charge in [0.2, 0.25) is 0 Å². The van der Waals surface area contributed by atoms with Crippen LogP contribution in [-0.4, -0.2) is 26.2 Å². The van der Waals surface area contributed by atoms with Gasteiger partial charge in [0.1, 0.15) is 17.2 Å². The molecule has 1 aliphatic heterocycles. The van der Waals surface area contributed by atoms with Crippen molar-refractivity contribution in [3.8, 4) is 0 Å². The third kappa shape index (κ3) is 2.23. The number of hydrogen-bond donors (Lipinski definition) is 1. The van der Waals surface area contributed by atoms with Gasteiger partial charge in [-0.25, -0.2) is 9.78 Å². The Morgan fingerprint density at radius 3 is 2.72 bits per heavy atom. The number of nitrogens with one attached hydrogen (secondary N) is 1. The number of fused-ring (bicyclic) bond motifs is 1. The fourth-order valence-electron chi connectivity index (χ4n) is 3.22. The Balaban J connectivity index is 1.70. The molecule has 1 atom stereocenters. The molecule has 0 aromatic carbocycles. The molecule has 3 aromatic rings. The van der Waals surface area contributed by atoms with Crippen LogP contribution in [0.15, 0.2) is 40.9 Å². The molecule has 4 rings (SSSR count). The third-order valence-corrected chi connectivity index (χ3v) is 4.65. The normalized spacial score (nSPS) is 20.5. The lowest BCUT2D eigenvalue weighted by molar-refractivity contribution is -0.132. The monoisotopic (exact) mass is 338 g/mol. The van der Waals surface area contributed by atoms with Crippen LogP contribution in [0.5, 0.6) is 0 Å². The number of imide groups is 1. The molecule has 0 radical (unpaired) electrons. The van der Waals surface area contributed by atoms with Crippen LogP contribution in [0, 0.1) is 13.8 Å². The first kappa shape index (κ1) is 15.4. The Hall–Kier alpha value is -3.09. The van der Waals surface area contributed by atoms with Crippen molar-refractivity contribution < 1.29 is 14.0 Å². The van der Waals surface area contributed by atoms with Crippen LogP contribution >= 0.6 is 0 Å². The van der Waals surface area contributed by atoms with Crippen LogP contribution in [0.3, 0.4) is 0 Å². The lowest BCUT2D eigenvalue weighted by Gasteiger charge is -2.19. The Morgan fingerprint density at radius 2 is 2.00 bits per heavy atom. The largest absolute Gasteiger partial charge is 0.463 e. The number of carbonyl (C=O) groups is 2. The molecule has 0 saturated carbocycles. The number of nitrogens with zero attached hydrogens (tertiary/aromatic N) is 3. The highest BCUT2D eigenvalue weighted by atomic mass is 16.3. The Kier molecular flexibility index (Phi) is 3.21. The molecule has 7 nitrogen and oxygen atoms in total. The second-order valence-corrected chi connectivity index (χ2v) is 6.43. The summed E-state index contributed by atoms with van der Waals surface area (Å²) in [6.45, 7) is 5.48. The molecule has 25 heavy (non-hydrogen) atoms. The molecule has 1 saturated heterocycles. The van der Waals surface area contributed by atoms with Crippen LogP contribution in [0.2, 0.25) is 0 Å². The standard InChI is InChI=1S/C18H18N4O3/c1-11-7-8-14(25-11)18(3)16(23)22(17(24)20-18)10-13-12(2)19-15-6-4-5-9-21(13)15/h4-9H,10H2,1-3H3,(H,20,24). The quantitative estimate of drug-likeness (QED) is 0.744. The summed E-state index contributed by atoms with van der Waals surface area (Å²) in [6.07, 6.45) is 1.87. The Labute approximate surface area is 144 Å². The lowest BCUT2D eigenvalue weighted by atomic mass is 9.99. The molecule has 0 spiro atoms. The molecule has 128 valence electrons. The van der Waals surface area contributed by atoms with Gasteiger partial charge < -0.3 is 14.1 Å². The smallest absolute Gasteiger partial charge is 0.325 e. The summed E-state index contributed by atoms with van der Waals surface area (Å²) >= 11 is 0. The molecule has 0 bridgehead atoms. The van der Waals surface area contributed by atoms with Crippen LogP contribution in [0.1, 0.15) is 29.8 Å². The van der Waals surface area contributed by atoms with Gasteiger partial charge in [0, 0.05) is 6.20 Å². The molecule has 1 unspecified atom stereocenters. The summed E-state index contributed by atoms with van der Waals surface area (Å²) < 4.78 is 7.48. The minimum atomic E-state index is -1.19. The zero-order valence-corrected chi connectivity index (χ0v) is 14.2. The van der Waals surface area contributed by atoms with Crippen molar-refractivity contribution in [2.24, 2.45) is 0 Å². The summed E-state index contributed by atoms with van der Waals surface area (Å²) in [5.41, 5.74) is 1.18. The van der Waals surface area contributed by atoms with E-state index in [4.69, 9.17) is 4.42 Å². The first-order valence-electron chi connectivity index (χ1n) is 8.04. The van der Waals surface area contributed by atoms with E-state index in [-0.39, 0.29) is 12.5 Å². The first-order chi connectivity index (χ1) is 11.9. The number of hydrogen-bond acceptors (Lipinski definition) is 4. The number of urea groups is 1. The van der Waals surface area contributed by atoms with Crippen molar-refractivity contribution in [2.75, 3.05) is 0 Å². The predicted octanol–water partition coefficient (Wildman–Crippen LogP) is 2.51. The topological polar surface area (TPSA) is 79.9 Å². The average molecular weight is 338 g/mol. The summed E-state index contributed by atoms with van der Waals surface area (Å²) in [4.78, 5) is 31.1. The summed E-state index contributed by atoms with van der Waals surface area (Å²) in [5, 5.41) is 2.75.